The van der Waals surface area contributed by atoms with Crippen molar-refractivity contribution in [2.45, 2.75) is 31.9 Å². The monoisotopic (exact) mass is 298 g/mol. The van der Waals surface area contributed by atoms with Crippen molar-refractivity contribution in [3.8, 4) is 0 Å². The van der Waals surface area contributed by atoms with E-state index < -0.39 is 16.8 Å². The highest BCUT2D eigenvalue weighted by Gasteiger charge is 2.54. The quantitative estimate of drug-likeness (QED) is 0.602. The van der Waals surface area contributed by atoms with Gasteiger partial charge in [-0.1, -0.05) is 0 Å². The van der Waals surface area contributed by atoms with E-state index in [1.165, 1.54) is 0 Å². The Morgan fingerprint density at radius 1 is 1.25 bits per heavy atom. The minimum absolute atomic E-state index is 0.117. The molecule has 0 amide bonds. The molecule has 0 aromatic carbocycles. The van der Waals surface area contributed by atoms with Crippen molar-refractivity contribution in [1.29, 1.82) is 0 Å². The van der Waals surface area contributed by atoms with Gasteiger partial charge < -0.3 is 14.2 Å². The standard InChI is InChI=1S/C7H14F3O3PS2/c1-4-12-14(15,13-5-2)16-6(3,11)7(8,9)10/h11H,4-5H2,1-3H3. The van der Waals surface area contributed by atoms with E-state index in [0.29, 0.717) is 6.92 Å². The highest BCUT2D eigenvalue weighted by atomic mass is 32.9. The van der Waals surface area contributed by atoms with Crippen molar-refractivity contribution in [3.05, 3.63) is 0 Å². The predicted molar refractivity (Wildman–Crippen MR) is 61.8 cm³/mol. The molecule has 0 aliphatic carbocycles. The van der Waals surface area contributed by atoms with E-state index in [1.54, 1.807) is 13.8 Å². The van der Waals surface area contributed by atoms with Gasteiger partial charge >= 0.3 is 6.18 Å². The smallest absolute Gasteiger partial charge is 0.371 e. The molecule has 0 saturated carbocycles. The van der Waals surface area contributed by atoms with Gasteiger partial charge in [0, 0.05) is 0 Å². The second kappa shape index (κ2) is 6.02. The normalized spacial score (nSPS) is 17.2. The number of alkyl halides is 3. The summed E-state index contributed by atoms with van der Waals surface area (Å²) in [6.07, 6.45) is -4.78. The molecule has 98 valence electrons. The minimum Gasteiger partial charge on any atom is -0.371 e. The van der Waals surface area contributed by atoms with Crippen molar-refractivity contribution >= 4 is 28.9 Å². The van der Waals surface area contributed by atoms with Crippen LogP contribution in [0.15, 0.2) is 0 Å². The molecule has 16 heavy (non-hydrogen) atoms. The van der Waals surface area contributed by atoms with Crippen LogP contribution < -0.4 is 0 Å². The van der Waals surface area contributed by atoms with E-state index >= 15 is 0 Å². The predicted octanol–water partition coefficient (Wildman–Crippen LogP) is 3.29. The van der Waals surface area contributed by atoms with E-state index in [4.69, 9.17) is 20.9 Å². The first-order valence-corrected chi connectivity index (χ1v) is 8.53. The van der Waals surface area contributed by atoms with Gasteiger partial charge in [0.25, 0.3) is 0 Å². The molecule has 0 heterocycles. The van der Waals surface area contributed by atoms with Crippen molar-refractivity contribution in [3.63, 3.8) is 0 Å². The van der Waals surface area contributed by atoms with Crippen molar-refractivity contribution in [1.82, 2.24) is 0 Å². The molecule has 0 radical (unpaired) electrons. The molecule has 0 aromatic heterocycles. The van der Waals surface area contributed by atoms with Crippen LogP contribution in [-0.4, -0.2) is 29.4 Å². The molecule has 0 spiro atoms. The first-order chi connectivity index (χ1) is 7.08. The Hall–Kier alpha value is 0.670. The van der Waals surface area contributed by atoms with Crippen LogP contribution in [0.4, 0.5) is 13.2 Å². The summed E-state index contributed by atoms with van der Waals surface area (Å²) in [5, 5.41) is 9.28. The molecule has 1 atom stereocenters. The number of hydrogen-bond acceptors (Lipinski definition) is 5. The summed E-state index contributed by atoms with van der Waals surface area (Å²) >= 11 is 5.00. The lowest BCUT2D eigenvalue weighted by atomic mass is 10.4. The van der Waals surface area contributed by atoms with Crippen molar-refractivity contribution < 1.29 is 27.3 Å². The number of halogens is 3. The molecule has 1 unspecified atom stereocenters. The zero-order chi connectivity index (χ0) is 13.0. The molecular formula is C7H14F3O3PS2. The van der Waals surface area contributed by atoms with Crippen LogP contribution in [0.1, 0.15) is 20.8 Å². The van der Waals surface area contributed by atoms with E-state index in [9.17, 15) is 18.3 Å². The Bertz CT molecular complexity index is 260. The Morgan fingerprint density at radius 2 is 1.62 bits per heavy atom. The van der Waals surface area contributed by atoms with E-state index in [1.807, 2.05) is 0 Å². The summed E-state index contributed by atoms with van der Waals surface area (Å²) in [6, 6.07) is 0. The molecule has 0 bridgehead atoms. The van der Waals surface area contributed by atoms with Crippen LogP contribution in [0.3, 0.4) is 0 Å². The highest BCUT2D eigenvalue weighted by molar-refractivity contribution is 8.68. The van der Waals surface area contributed by atoms with E-state index in [0.717, 1.165) is 0 Å². The highest BCUT2D eigenvalue weighted by Crippen LogP contribution is 2.67. The van der Waals surface area contributed by atoms with E-state index in [2.05, 4.69) is 0 Å². The van der Waals surface area contributed by atoms with Crippen LogP contribution in [0.2, 0.25) is 0 Å². The summed E-state index contributed by atoms with van der Waals surface area (Å²) in [6.45, 7) is 4.11. The van der Waals surface area contributed by atoms with Gasteiger partial charge in [0.1, 0.15) is 0 Å². The largest absolute Gasteiger partial charge is 0.426 e. The summed E-state index contributed by atoms with van der Waals surface area (Å²) in [5.74, 6) is 0. The van der Waals surface area contributed by atoms with Gasteiger partial charge in [0.05, 0.1) is 13.2 Å². The zero-order valence-corrected chi connectivity index (χ0v) is 11.6. The van der Waals surface area contributed by atoms with Gasteiger partial charge in [0.2, 0.25) is 10.6 Å². The summed E-state index contributed by atoms with van der Waals surface area (Å²) < 4.78 is 47.3. The first kappa shape index (κ1) is 16.7. The number of hydrogen-bond donors (Lipinski definition) is 1. The van der Waals surface area contributed by atoms with Gasteiger partial charge in [-0.15, -0.1) is 0 Å². The average molecular weight is 298 g/mol. The average Bonchev–Trinajstić information content (AvgIpc) is 2.00. The fraction of sp³-hybridized carbons (Fsp3) is 1.00. The SMILES string of the molecule is CCOP(=S)(OCC)SC(C)(O)C(F)(F)F. The molecule has 0 aliphatic rings. The van der Waals surface area contributed by atoms with Crippen LogP contribution in [0, 0.1) is 0 Å². The summed E-state index contributed by atoms with van der Waals surface area (Å²) in [4.78, 5) is -2.97. The molecule has 0 aromatic rings. The summed E-state index contributed by atoms with van der Waals surface area (Å²) in [5.41, 5.74) is -3.16. The van der Waals surface area contributed by atoms with Gasteiger partial charge in [-0.3, -0.25) is 0 Å². The lowest BCUT2D eigenvalue weighted by Gasteiger charge is -2.30. The van der Waals surface area contributed by atoms with Crippen molar-refractivity contribution in [2.75, 3.05) is 13.2 Å². The van der Waals surface area contributed by atoms with Crippen LogP contribution in [0.25, 0.3) is 0 Å². The fourth-order valence-corrected chi connectivity index (χ4v) is 6.53. The maximum absolute atomic E-state index is 12.4. The van der Waals surface area contributed by atoms with Crippen LogP contribution in [0.5, 0.6) is 0 Å². The lowest BCUT2D eigenvalue weighted by Crippen LogP contribution is -2.38. The zero-order valence-electron chi connectivity index (χ0n) is 9.08. The van der Waals surface area contributed by atoms with Gasteiger partial charge in [-0.2, -0.15) is 13.2 Å². The third-order valence-corrected chi connectivity index (χ3v) is 7.02. The Labute approximate surface area is 102 Å². The minimum atomic E-state index is -4.78. The topological polar surface area (TPSA) is 38.7 Å². The second-order valence-electron chi connectivity index (χ2n) is 2.85. The van der Waals surface area contributed by atoms with Crippen molar-refractivity contribution in [2.24, 2.45) is 0 Å². The molecule has 0 rings (SSSR count). The van der Waals surface area contributed by atoms with Gasteiger partial charge in [-0.05, 0) is 44.0 Å². The maximum atomic E-state index is 12.4. The Balaban J connectivity index is 4.82. The third kappa shape index (κ3) is 4.89. The Morgan fingerprint density at radius 3 is 1.88 bits per heavy atom. The molecule has 1 N–H and O–H groups in total. The lowest BCUT2D eigenvalue weighted by molar-refractivity contribution is -0.213. The maximum Gasteiger partial charge on any atom is 0.426 e. The molecule has 3 nitrogen and oxygen atoms in total. The Kier molecular flexibility index (Phi) is 6.27. The molecule has 9 heteroatoms. The molecule has 0 aliphatic heterocycles. The number of aliphatic hydroxyl groups is 1. The fourth-order valence-electron chi connectivity index (χ4n) is 0.676. The van der Waals surface area contributed by atoms with E-state index in [-0.39, 0.29) is 24.6 Å². The van der Waals surface area contributed by atoms with Crippen LogP contribution >= 0.6 is 17.1 Å². The summed E-state index contributed by atoms with van der Waals surface area (Å²) in [7, 11) is 0. The third-order valence-electron chi connectivity index (χ3n) is 1.39. The van der Waals surface area contributed by atoms with Gasteiger partial charge in [-0.25, -0.2) is 0 Å². The van der Waals surface area contributed by atoms with Gasteiger partial charge in [0.15, 0.2) is 0 Å². The second-order valence-corrected chi connectivity index (χ2v) is 9.37. The molecule has 0 saturated heterocycles. The van der Waals surface area contributed by atoms with Crippen LogP contribution in [-0.2, 0) is 20.9 Å². The first-order valence-electron chi connectivity index (χ1n) is 4.47. The molecular weight excluding hydrogens is 284 g/mol. The molecule has 0 fully saturated rings. The number of rotatable bonds is 6.